The van der Waals surface area contributed by atoms with Gasteiger partial charge in [0.15, 0.2) is 5.82 Å². The maximum atomic E-state index is 12.8. The monoisotopic (exact) mass is 261 g/mol. The van der Waals surface area contributed by atoms with Crippen LogP contribution in [-0.2, 0) is 16.0 Å². The number of nitrogens with zero attached hydrogens (tertiary/aromatic N) is 1. The summed E-state index contributed by atoms with van der Waals surface area (Å²) in [5.41, 5.74) is 0.483. The van der Waals surface area contributed by atoms with E-state index in [2.05, 4.69) is 20.9 Å². The van der Waals surface area contributed by atoms with Gasteiger partial charge in [-0.2, -0.15) is 0 Å². The lowest BCUT2D eigenvalue weighted by Gasteiger charge is -2.01. The van der Waals surface area contributed by atoms with E-state index in [1.807, 2.05) is 0 Å². The van der Waals surface area contributed by atoms with Crippen LogP contribution in [0.1, 0.15) is 12.6 Å². The Morgan fingerprint density at radius 3 is 2.93 bits per heavy atom. The van der Waals surface area contributed by atoms with Gasteiger partial charge in [-0.15, -0.1) is 0 Å². The molecule has 0 aliphatic heterocycles. The summed E-state index contributed by atoms with van der Waals surface area (Å²) in [4.78, 5) is 14.9. The normalized spacial score (nSPS) is 9.93. The van der Waals surface area contributed by atoms with Gasteiger partial charge in [-0.25, -0.2) is 9.37 Å². The summed E-state index contributed by atoms with van der Waals surface area (Å²) in [6, 6.07) is 2.71. The molecule has 0 unspecified atom stereocenters. The van der Waals surface area contributed by atoms with Crippen molar-refractivity contribution in [3.05, 3.63) is 28.2 Å². The fourth-order valence-corrected chi connectivity index (χ4v) is 1.27. The maximum absolute atomic E-state index is 12.8. The summed E-state index contributed by atoms with van der Waals surface area (Å²) in [5, 5.41) is 0. The third-order valence-electron chi connectivity index (χ3n) is 1.49. The predicted octanol–water partition coefficient (Wildman–Crippen LogP) is 2.09. The van der Waals surface area contributed by atoms with E-state index in [0.29, 0.717) is 12.3 Å². The number of hydrogen-bond acceptors (Lipinski definition) is 3. The number of rotatable bonds is 3. The minimum absolute atomic E-state index is 0.0622. The molecule has 0 atom stereocenters. The quantitative estimate of drug-likeness (QED) is 0.618. The first-order valence-electron chi connectivity index (χ1n) is 4.10. The van der Waals surface area contributed by atoms with Crippen molar-refractivity contribution < 1.29 is 13.9 Å². The fraction of sp³-hybridized carbons (Fsp3) is 0.333. The average Bonchev–Trinajstić information content (AvgIpc) is 2.12. The van der Waals surface area contributed by atoms with Crippen molar-refractivity contribution in [2.75, 3.05) is 6.61 Å². The van der Waals surface area contributed by atoms with Gasteiger partial charge in [0.1, 0.15) is 4.60 Å². The highest BCUT2D eigenvalue weighted by Crippen LogP contribution is 2.12. The molecule has 0 N–H and O–H groups in total. The lowest BCUT2D eigenvalue weighted by atomic mass is 10.3. The number of ether oxygens (including phenoxy) is 1. The number of pyridine rings is 1. The molecular formula is C9H9BrFNO2. The van der Waals surface area contributed by atoms with Gasteiger partial charge in [-0.05, 0) is 35.0 Å². The average molecular weight is 262 g/mol. The van der Waals surface area contributed by atoms with Crippen LogP contribution in [0.25, 0.3) is 0 Å². The first kappa shape index (κ1) is 11.1. The zero-order valence-electron chi connectivity index (χ0n) is 7.59. The number of carbonyl (C=O) groups is 1. The molecule has 1 aromatic heterocycles. The van der Waals surface area contributed by atoms with Crippen LogP contribution in [0.4, 0.5) is 4.39 Å². The number of halogens is 2. The van der Waals surface area contributed by atoms with E-state index in [9.17, 15) is 9.18 Å². The molecule has 0 aromatic carbocycles. The summed E-state index contributed by atoms with van der Waals surface area (Å²) in [6.07, 6.45) is 0.0622. The molecule has 0 amide bonds. The van der Waals surface area contributed by atoms with Crippen LogP contribution in [0.15, 0.2) is 16.7 Å². The van der Waals surface area contributed by atoms with E-state index in [0.717, 1.165) is 0 Å². The van der Waals surface area contributed by atoms with Crippen molar-refractivity contribution in [2.45, 2.75) is 13.3 Å². The Morgan fingerprint density at radius 1 is 1.64 bits per heavy atom. The van der Waals surface area contributed by atoms with Crippen LogP contribution >= 0.6 is 15.9 Å². The van der Waals surface area contributed by atoms with Crippen molar-refractivity contribution in [3.8, 4) is 0 Å². The molecular weight excluding hydrogens is 253 g/mol. The minimum Gasteiger partial charge on any atom is -0.466 e. The van der Waals surface area contributed by atoms with Gasteiger partial charge in [-0.1, -0.05) is 0 Å². The van der Waals surface area contributed by atoms with E-state index in [1.165, 1.54) is 12.1 Å². The van der Waals surface area contributed by atoms with Gasteiger partial charge >= 0.3 is 5.97 Å². The van der Waals surface area contributed by atoms with Crippen molar-refractivity contribution in [1.29, 1.82) is 0 Å². The Hall–Kier alpha value is -0.970. The Morgan fingerprint density at radius 2 is 2.36 bits per heavy atom. The number of carbonyl (C=O) groups excluding carboxylic acids is 1. The lowest BCUT2D eigenvalue weighted by molar-refractivity contribution is -0.142. The molecule has 0 fully saturated rings. The van der Waals surface area contributed by atoms with Crippen molar-refractivity contribution in [3.63, 3.8) is 0 Å². The van der Waals surface area contributed by atoms with Crippen LogP contribution in [0.2, 0.25) is 0 Å². The smallest absolute Gasteiger partial charge is 0.311 e. The molecule has 5 heteroatoms. The van der Waals surface area contributed by atoms with Gasteiger partial charge in [-0.3, -0.25) is 4.79 Å². The molecule has 1 rings (SSSR count). The highest BCUT2D eigenvalue weighted by molar-refractivity contribution is 9.10. The van der Waals surface area contributed by atoms with E-state index in [-0.39, 0.29) is 17.0 Å². The summed E-state index contributed by atoms with van der Waals surface area (Å²) in [7, 11) is 0. The lowest BCUT2D eigenvalue weighted by Crippen LogP contribution is -2.08. The molecule has 0 spiro atoms. The molecule has 76 valence electrons. The fourth-order valence-electron chi connectivity index (χ4n) is 0.913. The molecule has 0 saturated carbocycles. The van der Waals surface area contributed by atoms with Crippen LogP contribution < -0.4 is 0 Å². The third kappa shape index (κ3) is 3.06. The van der Waals surface area contributed by atoms with Crippen molar-refractivity contribution >= 4 is 21.9 Å². The van der Waals surface area contributed by atoms with Crippen LogP contribution in [-0.4, -0.2) is 17.6 Å². The molecule has 0 saturated heterocycles. The Balaban J connectivity index is 2.68. The summed E-state index contributed by atoms with van der Waals surface area (Å²) in [6.45, 7) is 2.06. The molecule has 0 aliphatic carbocycles. The van der Waals surface area contributed by atoms with E-state index in [4.69, 9.17) is 4.74 Å². The number of hydrogen-bond donors (Lipinski definition) is 0. The SMILES string of the molecule is CCOC(=O)Cc1ccc(F)c(Br)n1. The van der Waals surface area contributed by atoms with Crippen LogP contribution in [0.3, 0.4) is 0 Å². The van der Waals surface area contributed by atoms with Gasteiger partial charge < -0.3 is 4.74 Å². The summed E-state index contributed by atoms with van der Waals surface area (Å²) < 4.78 is 17.6. The predicted molar refractivity (Wildman–Crippen MR) is 52.2 cm³/mol. The minimum atomic E-state index is -0.447. The second-order valence-electron chi connectivity index (χ2n) is 2.56. The van der Waals surface area contributed by atoms with Gasteiger partial charge in [0.2, 0.25) is 0 Å². The van der Waals surface area contributed by atoms with Crippen molar-refractivity contribution in [2.24, 2.45) is 0 Å². The van der Waals surface area contributed by atoms with E-state index in [1.54, 1.807) is 6.92 Å². The van der Waals surface area contributed by atoms with E-state index < -0.39 is 5.82 Å². The first-order chi connectivity index (χ1) is 6.63. The molecule has 1 aromatic rings. The second kappa shape index (κ2) is 5.05. The van der Waals surface area contributed by atoms with E-state index >= 15 is 0 Å². The summed E-state index contributed by atoms with van der Waals surface area (Å²) in [5.74, 6) is -0.809. The topological polar surface area (TPSA) is 39.2 Å². The van der Waals surface area contributed by atoms with Gasteiger partial charge in [0.05, 0.1) is 18.7 Å². The maximum Gasteiger partial charge on any atom is 0.311 e. The highest BCUT2D eigenvalue weighted by Gasteiger charge is 2.07. The third-order valence-corrected chi connectivity index (χ3v) is 2.05. The Kier molecular flexibility index (Phi) is 4.00. The first-order valence-corrected chi connectivity index (χ1v) is 4.89. The summed E-state index contributed by atoms with van der Waals surface area (Å²) >= 11 is 2.94. The van der Waals surface area contributed by atoms with Gasteiger partial charge in [0, 0.05) is 0 Å². The standard InChI is InChI=1S/C9H9BrFNO2/c1-2-14-8(13)5-6-3-4-7(11)9(10)12-6/h3-4H,2,5H2,1H3. The van der Waals surface area contributed by atoms with Gasteiger partial charge in [0.25, 0.3) is 0 Å². The van der Waals surface area contributed by atoms with Crippen LogP contribution in [0.5, 0.6) is 0 Å². The second-order valence-corrected chi connectivity index (χ2v) is 3.31. The zero-order valence-corrected chi connectivity index (χ0v) is 9.17. The molecule has 3 nitrogen and oxygen atoms in total. The largest absolute Gasteiger partial charge is 0.466 e. The zero-order chi connectivity index (χ0) is 10.6. The Bertz CT molecular complexity index is 344. The molecule has 14 heavy (non-hydrogen) atoms. The number of esters is 1. The molecule has 0 radical (unpaired) electrons. The molecule has 0 bridgehead atoms. The highest BCUT2D eigenvalue weighted by atomic mass is 79.9. The van der Waals surface area contributed by atoms with Crippen LogP contribution in [0, 0.1) is 5.82 Å². The van der Waals surface area contributed by atoms with Crippen molar-refractivity contribution in [1.82, 2.24) is 4.98 Å². The Labute approximate surface area is 89.4 Å². The number of aromatic nitrogens is 1. The molecule has 0 aliphatic rings. The molecule has 1 heterocycles.